The van der Waals surface area contributed by atoms with Gasteiger partial charge in [0.2, 0.25) is 70.9 Å². The average molecular weight is 1630 g/mol. The normalized spacial score (nSPS) is 32.9. The summed E-state index contributed by atoms with van der Waals surface area (Å²) in [5.41, 5.74) is -2.38. The minimum Gasteiger partial charge on any atom is -0.382 e. The van der Waals surface area contributed by atoms with Crippen molar-refractivity contribution in [3.05, 3.63) is 12.2 Å². The topological polar surface area (TPSA) is 289 Å². The van der Waals surface area contributed by atoms with E-state index in [0.29, 0.717) is 70.9 Å². The highest BCUT2D eigenvalue weighted by Gasteiger charge is 2.60. The van der Waals surface area contributed by atoms with Gasteiger partial charge in [0.25, 0.3) is 0 Å². The van der Waals surface area contributed by atoms with E-state index in [1.54, 1.807) is 37.8 Å². The molecule has 0 radical (unpaired) electrons. The van der Waals surface area contributed by atoms with Crippen LogP contribution in [0.4, 0.5) is 35.1 Å². The molecule has 0 aromatic rings. The van der Waals surface area contributed by atoms with Crippen molar-refractivity contribution in [3.8, 4) is 0 Å². The molecule has 12 amide bonds. The number of methoxy groups -OCH3 is 1. The molecule has 0 aromatic heterocycles. The van der Waals surface area contributed by atoms with E-state index < -0.39 is 248 Å². The molecule has 34 heteroatoms. The second-order valence-corrected chi connectivity index (χ2v) is 34.8. The van der Waals surface area contributed by atoms with Gasteiger partial charge in [-0.2, -0.15) is 26.3 Å². The Labute approximate surface area is 664 Å². The number of amides is 12. The Hall–Kier alpha value is -7.26. The highest BCUT2D eigenvalue weighted by atomic mass is 19.4. The first kappa shape index (κ1) is 90.7. The van der Waals surface area contributed by atoms with Crippen LogP contribution in [-0.4, -0.2) is 301 Å². The first-order chi connectivity index (χ1) is 53.6. The van der Waals surface area contributed by atoms with Crippen LogP contribution in [0.5, 0.6) is 0 Å². The average Bonchev–Trinajstić information content (AvgIpc) is 0.922. The monoisotopic (exact) mass is 1630 g/mol. The van der Waals surface area contributed by atoms with Crippen LogP contribution in [0.2, 0.25) is 0 Å². The molecule has 8 fully saturated rings. The number of hydrogen-bond acceptors (Lipinski definition) is 14. The van der Waals surface area contributed by atoms with Gasteiger partial charge in [0.15, 0.2) is 0 Å². The third-order valence-electron chi connectivity index (χ3n) is 25.9. The number of hydrogen-bond donors (Lipinski definition) is 3. The number of fused-ring (bicyclic) bond motifs is 3. The lowest BCUT2D eigenvalue weighted by Gasteiger charge is -2.54. The molecule has 4 heterocycles. The van der Waals surface area contributed by atoms with Crippen LogP contribution in [-0.2, 0) is 67.0 Å². The summed E-state index contributed by atoms with van der Waals surface area (Å²) >= 11 is 0. The lowest BCUT2D eigenvalue weighted by Crippen LogP contribution is -2.71. The van der Waals surface area contributed by atoms with Gasteiger partial charge < -0.3 is 69.5 Å². The molecule has 1 spiro atoms. The number of alkyl halides is 8. The number of likely N-dealkylation sites (tertiary alicyclic amines) is 1. The fourth-order valence-corrected chi connectivity index (χ4v) is 19.2. The Morgan fingerprint density at radius 1 is 0.623 bits per heavy atom. The van der Waals surface area contributed by atoms with Crippen LogP contribution < -0.4 is 16.0 Å². The van der Waals surface area contributed by atoms with E-state index in [4.69, 9.17) is 9.47 Å². The van der Waals surface area contributed by atoms with Crippen molar-refractivity contribution in [2.75, 3.05) is 94.8 Å². The van der Waals surface area contributed by atoms with Gasteiger partial charge >= 0.3 is 12.4 Å². The molecule has 9 rings (SSSR count). The van der Waals surface area contributed by atoms with Gasteiger partial charge in [-0.3, -0.25) is 57.5 Å². The van der Waals surface area contributed by atoms with Gasteiger partial charge in [0.1, 0.15) is 78.7 Å². The van der Waals surface area contributed by atoms with Crippen LogP contribution >= 0.6 is 0 Å². The third kappa shape index (κ3) is 21.5. The molecule has 642 valence electrons. The zero-order valence-corrected chi connectivity index (χ0v) is 68.1. The van der Waals surface area contributed by atoms with E-state index in [1.807, 2.05) is 13.8 Å². The molecule has 114 heavy (non-hydrogen) atoms. The van der Waals surface area contributed by atoms with Crippen molar-refractivity contribution in [2.24, 2.45) is 40.9 Å². The van der Waals surface area contributed by atoms with Gasteiger partial charge in [-0.25, -0.2) is 8.78 Å². The van der Waals surface area contributed by atoms with Gasteiger partial charge in [0, 0.05) is 87.6 Å². The Morgan fingerprint density at radius 2 is 1.26 bits per heavy atom. The molecule has 12 atom stereocenters. The third-order valence-corrected chi connectivity index (χ3v) is 25.9. The van der Waals surface area contributed by atoms with Gasteiger partial charge in [-0.05, 0) is 164 Å². The SMILES string of the molecule is CCO[C@@H]1C[C@H]2C(=O)NC3(CC(C)(C)C3)C(=O)N(C)[C@@H](C3CCCC3)C(=O)N(C)[C@H](C(=O)N3CCCCC3)CC(=O)N(C)[C@@H](COC)C(=O)N[C@@H]([C@@H](C)CC)C(=O)N(C3CC3)CC(=O)N(C)[C@H]3C/C=C\CCN(C3=O)[C@@H](CC3CCC(C(F)(F)F)CC3)C(=O)N(C)CC(=O)N[C@@H](CCC3CC(F)C(C(F)(F)F)C(F)C3)C(=O)N2C1. The Morgan fingerprint density at radius 3 is 1.84 bits per heavy atom. The molecule has 26 nitrogen and oxygen atoms in total. The molecule has 2 unspecified atom stereocenters. The summed E-state index contributed by atoms with van der Waals surface area (Å²) in [6.07, 6.45) is -10.8. The predicted molar refractivity (Wildman–Crippen MR) is 402 cm³/mol. The first-order valence-electron chi connectivity index (χ1n) is 41.2. The standard InChI is InChI=1S/C80H122F8N12O14/c1-12-47(3)66-74(110)99(52-30-31-52)43-64(103)93(7)57-24-16-14-21-35-98(73(57)109)60(38-48-25-28-51(29-26-48)79(83,84)85)71(107)92(6)42-62(101)89-56(32-27-49-36-54(81)65(55(82)37-49)80(86,87)88)70(106)100-41-53(114-13-2)39-58(100)69(105)91-78(45-77(4,5)46-78)76(112)96(10)67(50-22-17-18-23-50)75(111)95(9)59(72(108)97-33-19-15-20-34-97)40-63(102)94(8)61(44-113-11)68(104)90-66/h14,16,47-61,65-67H,12-13,15,17-46H2,1-11H3,(H,89,101)(H,90,104)(H,91,105)/b16-14-/t47-,48?,49?,51?,53+,54?,55?,56-,57-,58-,59-,60-,61-,65?,66-,67-/m0/s1. The smallest absolute Gasteiger partial charge is 0.382 e. The second-order valence-electron chi connectivity index (χ2n) is 34.8. The molecule has 5 saturated carbocycles. The summed E-state index contributed by atoms with van der Waals surface area (Å²) in [7, 11) is 8.04. The van der Waals surface area contributed by atoms with Gasteiger partial charge in [-0.1, -0.05) is 59.1 Å². The number of piperidine rings is 1. The van der Waals surface area contributed by atoms with E-state index in [1.165, 1.54) is 61.9 Å². The summed E-state index contributed by atoms with van der Waals surface area (Å²) < 4.78 is 128. The number of nitrogens with zero attached hydrogens (tertiary/aromatic N) is 9. The summed E-state index contributed by atoms with van der Waals surface area (Å²) in [5.74, 6) is -16.7. The Balaban J connectivity index is 1.13. The van der Waals surface area contributed by atoms with Crippen molar-refractivity contribution in [3.63, 3.8) is 0 Å². The zero-order valence-electron chi connectivity index (χ0n) is 68.1. The minimum absolute atomic E-state index is 0.00585. The maximum absolute atomic E-state index is 15.9. The number of carbonyl (C=O) groups is 12. The maximum atomic E-state index is 15.9. The molecule has 2 bridgehead atoms. The number of likely N-dealkylation sites (N-methyl/N-ethyl adjacent to an activating group) is 5. The summed E-state index contributed by atoms with van der Waals surface area (Å²) in [4.78, 5) is 196. The largest absolute Gasteiger partial charge is 0.397 e. The van der Waals surface area contributed by atoms with E-state index in [0.717, 1.165) is 26.0 Å². The lowest BCUT2D eigenvalue weighted by molar-refractivity contribution is -0.219. The summed E-state index contributed by atoms with van der Waals surface area (Å²) in [6, 6.07) is -12.1. The highest BCUT2D eigenvalue weighted by molar-refractivity contribution is 6.01. The van der Waals surface area contributed by atoms with Crippen molar-refractivity contribution < 1.29 is 102 Å². The maximum Gasteiger partial charge on any atom is 0.397 e. The van der Waals surface area contributed by atoms with Crippen LogP contribution in [0.3, 0.4) is 0 Å². The summed E-state index contributed by atoms with van der Waals surface area (Å²) in [6.45, 7) is 7.26. The van der Waals surface area contributed by atoms with Crippen LogP contribution in [0.25, 0.3) is 0 Å². The van der Waals surface area contributed by atoms with Crippen molar-refractivity contribution >= 4 is 70.9 Å². The Bertz CT molecular complexity index is 3460. The van der Waals surface area contributed by atoms with Crippen LogP contribution in [0.1, 0.15) is 195 Å². The fraction of sp³-hybridized carbons (Fsp3) is 0.825. The number of rotatable bonds is 14. The molecule has 4 aliphatic heterocycles. The van der Waals surface area contributed by atoms with Crippen molar-refractivity contribution in [1.82, 2.24) is 60.0 Å². The molecule has 9 aliphatic rings. The van der Waals surface area contributed by atoms with E-state index in [-0.39, 0.29) is 90.3 Å². The molecular weight excluding hydrogens is 1500 g/mol. The van der Waals surface area contributed by atoms with Crippen LogP contribution in [0, 0.1) is 40.9 Å². The molecule has 3 N–H and O–H groups in total. The predicted octanol–water partition coefficient (Wildman–Crippen LogP) is 7.04. The first-order valence-corrected chi connectivity index (χ1v) is 41.2. The molecular formula is C80H122F8N12O14. The number of carbonyl (C=O) groups excluding carboxylic acids is 12. The summed E-state index contributed by atoms with van der Waals surface area (Å²) in [5, 5.41) is 8.53. The van der Waals surface area contributed by atoms with E-state index >= 15 is 61.5 Å². The van der Waals surface area contributed by atoms with Gasteiger partial charge in [0.05, 0.1) is 31.6 Å². The fourth-order valence-electron chi connectivity index (χ4n) is 19.2. The quantitative estimate of drug-likeness (QED) is 0.116. The lowest BCUT2D eigenvalue weighted by atomic mass is 9.58. The Kier molecular flexibility index (Phi) is 30.6. The van der Waals surface area contributed by atoms with Crippen molar-refractivity contribution in [1.29, 1.82) is 0 Å². The molecule has 0 aromatic carbocycles. The number of halogens is 8. The zero-order chi connectivity index (χ0) is 83.8. The van der Waals surface area contributed by atoms with E-state index in [9.17, 15) is 31.1 Å². The van der Waals surface area contributed by atoms with Gasteiger partial charge in [-0.15, -0.1) is 0 Å². The number of ether oxygens (including phenoxy) is 2. The van der Waals surface area contributed by atoms with Crippen LogP contribution in [0.15, 0.2) is 12.2 Å². The number of nitrogens with one attached hydrogen (secondary N) is 3. The molecule has 3 saturated heterocycles. The minimum atomic E-state index is -5.22. The second kappa shape index (κ2) is 38.4. The van der Waals surface area contributed by atoms with Crippen molar-refractivity contribution in [2.45, 2.75) is 286 Å². The van der Waals surface area contributed by atoms with E-state index in [2.05, 4.69) is 16.0 Å². The highest BCUT2D eigenvalue weighted by Crippen LogP contribution is 2.51. The molecule has 5 aliphatic carbocycles.